The molecule has 0 unspecified atom stereocenters. The van der Waals surface area contributed by atoms with Crippen molar-refractivity contribution in [1.29, 1.82) is 0 Å². The average molecular weight is 236 g/mol. The smallest absolute Gasteiger partial charge is 0.314 e. The molecule has 1 aromatic rings. The zero-order valence-corrected chi connectivity index (χ0v) is 9.76. The Hall–Kier alpha value is -1.39. The Morgan fingerprint density at radius 1 is 1.35 bits per heavy atom. The molecule has 1 aromatic carbocycles. The van der Waals surface area contributed by atoms with Crippen molar-refractivity contribution in [2.24, 2.45) is 5.41 Å². The quantitative estimate of drug-likeness (QED) is 0.874. The molecule has 0 aromatic heterocycles. The van der Waals surface area contributed by atoms with Gasteiger partial charge in [-0.1, -0.05) is 37.3 Å². The van der Waals surface area contributed by atoms with E-state index in [0.717, 1.165) is 5.56 Å². The summed E-state index contributed by atoms with van der Waals surface area (Å²) in [4.78, 5) is 11.2. The summed E-state index contributed by atoms with van der Waals surface area (Å²) in [7, 11) is 0. The fraction of sp³-hybridized carbons (Fsp3) is 0.462. The second-order valence-electron chi connectivity index (χ2n) is 4.30. The van der Waals surface area contributed by atoms with Gasteiger partial charge in [0.2, 0.25) is 0 Å². The molecule has 1 aliphatic heterocycles. The van der Waals surface area contributed by atoms with E-state index in [1.165, 1.54) is 0 Å². The maximum atomic E-state index is 11.2. The van der Waals surface area contributed by atoms with E-state index < -0.39 is 17.7 Å². The van der Waals surface area contributed by atoms with E-state index in [1.54, 1.807) is 0 Å². The number of carboxylic acid groups (broad SMARTS) is 1. The SMILES string of the molecule is CCC1(C(=O)O)COC(c2ccccc2)OC1. The van der Waals surface area contributed by atoms with Gasteiger partial charge in [0.25, 0.3) is 0 Å². The molecule has 0 radical (unpaired) electrons. The van der Waals surface area contributed by atoms with Gasteiger partial charge in [0.05, 0.1) is 13.2 Å². The highest BCUT2D eigenvalue weighted by atomic mass is 16.7. The monoisotopic (exact) mass is 236 g/mol. The zero-order chi connectivity index (χ0) is 12.3. The summed E-state index contributed by atoms with van der Waals surface area (Å²) in [6.07, 6.45) is 0.0549. The minimum Gasteiger partial charge on any atom is -0.481 e. The predicted octanol–water partition coefficient (Wildman–Crippen LogP) is 2.21. The standard InChI is InChI=1S/C13H16O4/c1-2-13(12(14)15)8-16-11(17-9-13)10-6-4-3-5-7-10/h3-7,11H,2,8-9H2,1H3,(H,14,15). The molecule has 2 rings (SSSR count). The van der Waals surface area contributed by atoms with Crippen molar-refractivity contribution in [3.63, 3.8) is 0 Å². The minimum atomic E-state index is -0.898. The molecule has 0 amide bonds. The van der Waals surface area contributed by atoms with Crippen LogP contribution >= 0.6 is 0 Å². The number of hydrogen-bond donors (Lipinski definition) is 1. The second kappa shape index (κ2) is 4.85. The lowest BCUT2D eigenvalue weighted by Crippen LogP contribution is -2.44. The van der Waals surface area contributed by atoms with E-state index >= 15 is 0 Å². The molecule has 4 nitrogen and oxygen atoms in total. The molecule has 1 heterocycles. The first-order valence-electron chi connectivity index (χ1n) is 5.69. The van der Waals surface area contributed by atoms with Crippen molar-refractivity contribution in [1.82, 2.24) is 0 Å². The van der Waals surface area contributed by atoms with Crippen LogP contribution in [0, 0.1) is 5.41 Å². The number of hydrogen-bond acceptors (Lipinski definition) is 3. The second-order valence-corrected chi connectivity index (χ2v) is 4.30. The van der Waals surface area contributed by atoms with Crippen LogP contribution in [0.2, 0.25) is 0 Å². The normalized spacial score (nSPS) is 28.9. The van der Waals surface area contributed by atoms with Crippen molar-refractivity contribution >= 4 is 5.97 Å². The van der Waals surface area contributed by atoms with Crippen LogP contribution in [-0.2, 0) is 14.3 Å². The fourth-order valence-corrected chi connectivity index (χ4v) is 1.84. The molecule has 1 aliphatic rings. The van der Waals surface area contributed by atoms with Gasteiger partial charge in [0.1, 0.15) is 5.41 Å². The van der Waals surface area contributed by atoms with Gasteiger partial charge in [-0.05, 0) is 6.42 Å². The summed E-state index contributed by atoms with van der Waals surface area (Å²) >= 11 is 0. The first-order valence-corrected chi connectivity index (χ1v) is 5.69. The topological polar surface area (TPSA) is 55.8 Å². The van der Waals surface area contributed by atoms with Crippen LogP contribution in [0.1, 0.15) is 25.2 Å². The molecule has 0 aliphatic carbocycles. The Morgan fingerprint density at radius 3 is 2.41 bits per heavy atom. The lowest BCUT2D eigenvalue weighted by atomic mass is 9.86. The molecule has 0 saturated carbocycles. The van der Waals surface area contributed by atoms with Crippen LogP contribution in [0.3, 0.4) is 0 Å². The number of ether oxygens (including phenoxy) is 2. The lowest BCUT2D eigenvalue weighted by molar-refractivity contribution is -0.238. The highest BCUT2D eigenvalue weighted by Gasteiger charge is 2.42. The molecule has 1 fully saturated rings. The van der Waals surface area contributed by atoms with E-state index in [1.807, 2.05) is 37.3 Å². The molecule has 1 saturated heterocycles. The molecular formula is C13H16O4. The van der Waals surface area contributed by atoms with Crippen LogP contribution < -0.4 is 0 Å². The van der Waals surface area contributed by atoms with Gasteiger partial charge in [-0.25, -0.2) is 0 Å². The molecule has 92 valence electrons. The maximum absolute atomic E-state index is 11.2. The Balaban J connectivity index is 2.05. The van der Waals surface area contributed by atoms with Gasteiger partial charge in [-0.15, -0.1) is 0 Å². The van der Waals surface area contributed by atoms with Gasteiger partial charge >= 0.3 is 5.97 Å². The summed E-state index contributed by atoms with van der Waals surface area (Å²) in [5.74, 6) is -0.855. The average Bonchev–Trinajstić information content (AvgIpc) is 2.39. The van der Waals surface area contributed by atoms with Crippen molar-refractivity contribution in [2.45, 2.75) is 19.6 Å². The number of carboxylic acids is 1. The Bertz CT molecular complexity index is 380. The third-order valence-corrected chi connectivity index (χ3v) is 3.22. The maximum Gasteiger partial charge on any atom is 0.314 e. The van der Waals surface area contributed by atoms with E-state index in [0.29, 0.717) is 6.42 Å². The van der Waals surface area contributed by atoms with E-state index in [9.17, 15) is 9.90 Å². The van der Waals surface area contributed by atoms with Crippen LogP contribution in [0.4, 0.5) is 0 Å². The lowest BCUT2D eigenvalue weighted by Gasteiger charge is -2.36. The van der Waals surface area contributed by atoms with Crippen LogP contribution in [0.5, 0.6) is 0 Å². The summed E-state index contributed by atoms with van der Waals surface area (Å²) in [5.41, 5.74) is 0.0215. The van der Waals surface area contributed by atoms with Crippen LogP contribution in [-0.4, -0.2) is 24.3 Å². The van der Waals surface area contributed by atoms with Crippen molar-refractivity contribution in [2.75, 3.05) is 13.2 Å². The van der Waals surface area contributed by atoms with E-state index in [4.69, 9.17) is 9.47 Å². The number of carbonyl (C=O) groups is 1. The Labute approximate surface area is 100 Å². The largest absolute Gasteiger partial charge is 0.481 e. The van der Waals surface area contributed by atoms with Gasteiger partial charge in [0, 0.05) is 5.56 Å². The first kappa shape index (κ1) is 12.1. The molecule has 4 heteroatoms. The molecule has 0 bridgehead atoms. The number of rotatable bonds is 3. The Kier molecular flexibility index (Phi) is 3.45. The molecule has 17 heavy (non-hydrogen) atoms. The predicted molar refractivity (Wildman–Crippen MR) is 61.4 cm³/mol. The third-order valence-electron chi connectivity index (χ3n) is 3.22. The molecule has 1 N–H and O–H groups in total. The highest BCUT2D eigenvalue weighted by Crippen LogP contribution is 2.34. The van der Waals surface area contributed by atoms with E-state index in [-0.39, 0.29) is 13.2 Å². The van der Waals surface area contributed by atoms with Gasteiger partial charge in [-0.2, -0.15) is 0 Å². The zero-order valence-electron chi connectivity index (χ0n) is 9.76. The summed E-state index contributed by atoms with van der Waals surface area (Å²) in [6, 6.07) is 9.54. The number of benzene rings is 1. The highest BCUT2D eigenvalue weighted by molar-refractivity contribution is 5.75. The van der Waals surface area contributed by atoms with Gasteiger partial charge in [-0.3, -0.25) is 4.79 Å². The van der Waals surface area contributed by atoms with Crippen LogP contribution in [0.25, 0.3) is 0 Å². The van der Waals surface area contributed by atoms with E-state index in [2.05, 4.69) is 0 Å². The Morgan fingerprint density at radius 2 is 1.94 bits per heavy atom. The summed E-state index contributed by atoms with van der Waals surface area (Å²) in [5, 5.41) is 9.19. The third kappa shape index (κ3) is 2.33. The minimum absolute atomic E-state index is 0.193. The van der Waals surface area contributed by atoms with Gasteiger partial charge < -0.3 is 14.6 Å². The number of aliphatic carboxylic acids is 1. The van der Waals surface area contributed by atoms with Crippen LogP contribution in [0.15, 0.2) is 30.3 Å². The molecular weight excluding hydrogens is 220 g/mol. The van der Waals surface area contributed by atoms with Crippen molar-refractivity contribution in [3.05, 3.63) is 35.9 Å². The van der Waals surface area contributed by atoms with Gasteiger partial charge in [0.15, 0.2) is 6.29 Å². The van der Waals surface area contributed by atoms with Crippen molar-refractivity contribution in [3.8, 4) is 0 Å². The molecule has 0 spiro atoms. The molecule has 0 atom stereocenters. The summed E-state index contributed by atoms with van der Waals surface area (Å²) in [6.45, 7) is 2.22. The first-order chi connectivity index (χ1) is 8.18. The van der Waals surface area contributed by atoms with Crippen molar-refractivity contribution < 1.29 is 19.4 Å². The summed E-state index contributed by atoms with van der Waals surface area (Å²) < 4.78 is 11.1. The fourth-order valence-electron chi connectivity index (χ4n) is 1.84.